The smallest absolute Gasteiger partial charge is 0.412 e. The summed E-state index contributed by atoms with van der Waals surface area (Å²) >= 11 is 0. The minimum absolute atomic E-state index is 0.00772. The summed E-state index contributed by atoms with van der Waals surface area (Å²) in [5, 5.41) is 4.93. The standard InChI is InChI=1S/C23H30FN3O5S/c1-7-27(8-2)33(30,31)17-11-9-15(3)18(14-17)21(28)25-16-10-12-19(24)20(13-16)26-22(29)32-23(4,5)6/h9-14H,7-8H2,1-6H3,(H,25,28)(H,26,29). The lowest BCUT2D eigenvalue weighted by molar-refractivity contribution is 0.0635. The van der Waals surface area contributed by atoms with E-state index in [1.165, 1.54) is 28.6 Å². The number of ether oxygens (including phenoxy) is 1. The minimum atomic E-state index is -3.75. The van der Waals surface area contributed by atoms with E-state index in [2.05, 4.69) is 10.6 Å². The van der Waals surface area contributed by atoms with Crippen LogP contribution < -0.4 is 10.6 Å². The molecule has 0 unspecified atom stereocenters. The number of nitrogens with zero attached hydrogens (tertiary/aromatic N) is 1. The molecule has 10 heteroatoms. The molecule has 2 amide bonds. The molecular weight excluding hydrogens is 449 g/mol. The predicted octanol–water partition coefficient (Wildman–Crippen LogP) is 4.76. The molecule has 0 aliphatic heterocycles. The van der Waals surface area contributed by atoms with Gasteiger partial charge in [0.05, 0.1) is 10.6 Å². The van der Waals surface area contributed by atoms with Gasteiger partial charge in [0.25, 0.3) is 5.91 Å². The van der Waals surface area contributed by atoms with Crippen LogP contribution in [0.15, 0.2) is 41.3 Å². The number of anilines is 2. The number of nitrogens with one attached hydrogen (secondary N) is 2. The molecule has 0 aliphatic rings. The number of halogens is 1. The molecule has 0 aliphatic carbocycles. The molecule has 2 aromatic carbocycles. The highest BCUT2D eigenvalue weighted by Crippen LogP contribution is 2.24. The number of carbonyl (C=O) groups excluding carboxylic acids is 2. The molecule has 0 heterocycles. The van der Waals surface area contributed by atoms with E-state index in [9.17, 15) is 22.4 Å². The zero-order chi connectivity index (χ0) is 25.0. The summed E-state index contributed by atoms with van der Waals surface area (Å²) in [6.45, 7) is 10.8. The molecule has 0 spiro atoms. The summed E-state index contributed by atoms with van der Waals surface area (Å²) in [5.74, 6) is -1.28. The van der Waals surface area contributed by atoms with Crippen LogP contribution in [0.1, 0.15) is 50.5 Å². The third-order valence-electron chi connectivity index (χ3n) is 4.66. The van der Waals surface area contributed by atoms with Crippen LogP contribution in [0.3, 0.4) is 0 Å². The second kappa shape index (κ2) is 10.3. The molecule has 0 saturated heterocycles. The Morgan fingerprint density at radius 2 is 1.67 bits per heavy atom. The maximum absolute atomic E-state index is 14.2. The van der Waals surface area contributed by atoms with Crippen LogP contribution in [0.5, 0.6) is 0 Å². The van der Waals surface area contributed by atoms with E-state index in [4.69, 9.17) is 4.74 Å². The maximum atomic E-state index is 14.2. The van der Waals surface area contributed by atoms with Gasteiger partial charge in [0.2, 0.25) is 10.0 Å². The van der Waals surface area contributed by atoms with Gasteiger partial charge in [-0.1, -0.05) is 19.9 Å². The summed E-state index contributed by atoms with van der Waals surface area (Å²) in [5.41, 5.74) is 0.00957. The fourth-order valence-electron chi connectivity index (χ4n) is 3.03. The van der Waals surface area contributed by atoms with E-state index in [1.807, 2.05) is 0 Å². The average molecular weight is 480 g/mol. The number of benzene rings is 2. The second-order valence-electron chi connectivity index (χ2n) is 8.34. The summed E-state index contributed by atoms with van der Waals surface area (Å²) < 4.78 is 46.2. The van der Waals surface area contributed by atoms with Crippen LogP contribution in [0.4, 0.5) is 20.6 Å². The van der Waals surface area contributed by atoms with E-state index in [0.29, 0.717) is 18.7 Å². The Balaban J connectivity index is 2.29. The van der Waals surface area contributed by atoms with E-state index in [1.54, 1.807) is 47.6 Å². The van der Waals surface area contributed by atoms with Crippen molar-refractivity contribution in [3.8, 4) is 0 Å². The Labute approximate surface area is 194 Å². The number of amides is 2. The van der Waals surface area contributed by atoms with Crippen molar-refractivity contribution < 1.29 is 27.1 Å². The fraction of sp³-hybridized carbons (Fsp3) is 0.391. The third kappa shape index (κ3) is 6.75. The van der Waals surface area contributed by atoms with Crippen LogP contribution >= 0.6 is 0 Å². The van der Waals surface area contributed by atoms with Gasteiger partial charge in [-0.2, -0.15) is 4.31 Å². The lowest BCUT2D eigenvalue weighted by Gasteiger charge is -2.20. The molecule has 0 atom stereocenters. The first-order chi connectivity index (χ1) is 15.3. The Morgan fingerprint density at radius 3 is 2.24 bits per heavy atom. The van der Waals surface area contributed by atoms with Gasteiger partial charge in [-0.25, -0.2) is 17.6 Å². The van der Waals surface area contributed by atoms with Crippen molar-refractivity contribution in [3.05, 3.63) is 53.3 Å². The number of hydrogen-bond donors (Lipinski definition) is 2. The van der Waals surface area contributed by atoms with Gasteiger partial charge >= 0.3 is 6.09 Å². The normalized spacial score (nSPS) is 11.9. The van der Waals surface area contributed by atoms with Gasteiger partial charge in [-0.05, 0) is 63.6 Å². The van der Waals surface area contributed by atoms with E-state index in [0.717, 1.165) is 6.07 Å². The summed E-state index contributed by atoms with van der Waals surface area (Å²) in [7, 11) is -3.75. The van der Waals surface area contributed by atoms with Crippen molar-refractivity contribution >= 4 is 33.4 Å². The predicted molar refractivity (Wildman–Crippen MR) is 125 cm³/mol. The summed E-state index contributed by atoms with van der Waals surface area (Å²) in [6, 6.07) is 8.02. The fourth-order valence-corrected chi connectivity index (χ4v) is 4.51. The highest BCUT2D eigenvalue weighted by Gasteiger charge is 2.24. The lowest BCUT2D eigenvalue weighted by Crippen LogP contribution is -2.30. The van der Waals surface area contributed by atoms with Gasteiger partial charge in [0.1, 0.15) is 11.4 Å². The van der Waals surface area contributed by atoms with Crippen LogP contribution in [-0.4, -0.2) is 43.4 Å². The molecule has 2 aromatic rings. The van der Waals surface area contributed by atoms with Crippen LogP contribution in [-0.2, 0) is 14.8 Å². The molecule has 0 radical (unpaired) electrons. The van der Waals surface area contributed by atoms with Gasteiger partial charge in [-0.15, -0.1) is 0 Å². The van der Waals surface area contributed by atoms with Gasteiger partial charge in [-0.3, -0.25) is 10.1 Å². The first-order valence-corrected chi connectivity index (χ1v) is 11.9. The van der Waals surface area contributed by atoms with E-state index >= 15 is 0 Å². The number of rotatable bonds is 7. The second-order valence-corrected chi connectivity index (χ2v) is 10.3. The van der Waals surface area contributed by atoms with Crippen molar-refractivity contribution in [2.24, 2.45) is 0 Å². The molecule has 0 fully saturated rings. The zero-order valence-electron chi connectivity index (χ0n) is 19.7. The number of hydrogen-bond acceptors (Lipinski definition) is 5. The largest absolute Gasteiger partial charge is 0.444 e. The van der Waals surface area contributed by atoms with Crippen molar-refractivity contribution in [1.29, 1.82) is 0 Å². The summed E-state index contributed by atoms with van der Waals surface area (Å²) in [6.07, 6.45) is -0.838. The molecule has 0 aromatic heterocycles. The van der Waals surface area contributed by atoms with Crippen LogP contribution in [0, 0.1) is 12.7 Å². The van der Waals surface area contributed by atoms with Gasteiger partial charge in [0, 0.05) is 24.3 Å². The highest BCUT2D eigenvalue weighted by atomic mass is 32.2. The van der Waals surface area contributed by atoms with Crippen molar-refractivity contribution in [2.45, 2.75) is 52.0 Å². The summed E-state index contributed by atoms with van der Waals surface area (Å²) in [4.78, 5) is 24.9. The Hall–Kier alpha value is -2.98. The molecular formula is C23H30FN3O5S. The molecule has 0 saturated carbocycles. The molecule has 0 bridgehead atoms. The van der Waals surface area contributed by atoms with Crippen molar-refractivity contribution in [2.75, 3.05) is 23.7 Å². The Kier molecular flexibility index (Phi) is 8.20. The van der Waals surface area contributed by atoms with E-state index < -0.39 is 33.4 Å². The van der Waals surface area contributed by atoms with E-state index in [-0.39, 0.29) is 21.8 Å². The SMILES string of the molecule is CCN(CC)S(=O)(=O)c1ccc(C)c(C(=O)Nc2ccc(F)c(NC(=O)OC(C)(C)C)c2)c1. The number of carbonyl (C=O) groups is 2. The topological polar surface area (TPSA) is 105 Å². The van der Waals surface area contributed by atoms with Crippen molar-refractivity contribution in [1.82, 2.24) is 4.31 Å². The van der Waals surface area contributed by atoms with Crippen LogP contribution in [0.2, 0.25) is 0 Å². The molecule has 2 rings (SSSR count). The first kappa shape index (κ1) is 26.3. The Morgan fingerprint density at radius 1 is 1.03 bits per heavy atom. The zero-order valence-corrected chi connectivity index (χ0v) is 20.5. The quantitative estimate of drug-likeness (QED) is 0.596. The minimum Gasteiger partial charge on any atom is -0.444 e. The van der Waals surface area contributed by atoms with Gasteiger partial charge < -0.3 is 10.1 Å². The number of aryl methyl sites for hydroxylation is 1. The molecule has 33 heavy (non-hydrogen) atoms. The maximum Gasteiger partial charge on any atom is 0.412 e. The molecule has 180 valence electrons. The Bertz CT molecular complexity index is 1140. The third-order valence-corrected chi connectivity index (χ3v) is 6.70. The van der Waals surface area contributed by atoms with Gasteiger partial charge in [0.15, 0.2) is 0 Å². The lowest BCUT2D eigenvalue weighted by atomic mass is 10.1. The van der Waals surface area contributed by atoms with Crippen molar-refractivity contribution in [3.63, 3.8) is 0 Å². The first-order valence-electron chi connectivity index (χ1n) is 10.5. The molecule has 8 nitrogen and oxygen atoms in total. The highest BCUT2D eigenvalue weighted by molar-refractivity contribution is 7.89. The monoisotopic (exact) mass is 479 g/mol. The van der Waals surface area contributed by atoms with Crippen LogP contribution in [0.25, 0.3) is 0 Å². The average Bonchev–Trinajstić information content (AvgIpc) is 2.69. The number of sulfonamides is 1. The molecule has 2 N–H and O–H groups in total.